The molecule has 2 rings (SSSR count). The minimum absolute atomic E-state index is 0.0856. The van der Waals surface area contributed by atoms with Gasteiger partial charge in [-0.1, -0.05) is 4.49 Å². The van der Waals surface area contributed by atoms with Gasteiger partial charge in [-0.25, -0.2) is 0 Å². The molecular weight excluding hydrogens is 200 g/mol. The predicted octanol–water partition coefficient (Wildman–Crippen LogP) is 0.0199. The van der Waals surface area contributed by atoms with E-state index in [2.05, 4.69) is 20.2 Å². The van der Waals surface area contributed by atoms with Crippen molar-refractivity contribution in [2.75, 3.05) is 13.1 Å². The Balaban J connectivity index is 1.62. The highest BCUT2D eigenvalue weighted by Crippen LogP contribution is 2.17. The summed E-state index contributed by atoms with van der Waals surface area (Å²) in [4.78, 5) is 11.9. The molecule has 14 heavy (non-hydrogen) atoms. The minimum atomic E-state index is -0.0856. The van der Waals surface area contributed by atoms with Gasteiger partial charge in [0.05, 0.1) is 6.20 Å². The van der Waals surface area contributed by atoms with E-state index in [1.807, 2.05) is 0 Å². The highest BCUT2D eigenvalue weighted by molar-refractivity contribution is 7.07. The highest BCUT2D eigenvalue weighted by atomic mass is 32.1. The molecule has 1 saturated carbocycles. The molecular formula is C8H12N4OS. The van der Waals surface area contributed by atoms with Crippen LogP contribution in [0.2, 0.25) is 0 Å². The van der Waals surface area contributed by atoms with Crippen LogP contribution in [0.3, 0.4) is 0 Å². The summed E-state index contributed by atoms with van der Waals surface area (Å²) in [5.74, 6) is -0.0856. The van der Waals surface area contributed by atoms with Crippen LogP contribution in [0.25, 0.3) is 0 Å². The summed E-state index contributed by atoms with van der Waals surface area (Å²) in [7, 11) is 0. The van der Waals surface area contributed by atoms with E-state index in [9.17, 15) is 4.79 Å². The van der Waals surface area contributed by atoms with E-state index in [4.69, 9.17) is 0 Å². The van der Waals surface area contributed by atoms with Crippen molar-refractivity contribution < 1.29 is 4.79 Å². The molecule has 2 N–H and O–H groups in total. The molecule has 1 heterocycles. The second kappa shape index (κ2) is 4.47. The van der Waals surface area contributed by atoms with Crippen LogP contribution in [-0.2, 0) is 0 Å². The zero-order valence-electron chi connectivity index (χ0n) is 7.69. The molecule has 0 saturated heterocycles. The molecule has 0 aromatic carbocycles. The number of carbonyl (C=O) groups excluding carboxylic acids is 1. The van der Waals surface area contributed by atoms with Crippen molar-refractivity contribution >= 4 is 17.4 Å². The van der Waals surface area contributed by atoms with Gasteiger partial charge < -0.3 is 10.6 Å². The van der Waals surface area contributed by atoms with Crippen molar-refractivity contribution in [1.82, 2.24) is 20.2 Å². The lowest BCUT2D eigenvalue weighted by Gasteiger charge is -2.03. The number of amides is 1. The fourth-order valence-corrected chi connectivity index (χ4v) is 1.53. The van der Waals surface area contributed by atoms with Gasteiger partial charge in [-0.15, -0.1) is 5.10 Å². The number of hydrogen-bond donors (Lipinski definition) is 2. The van der Waals surface area contributed by atoms with Gasteiger partial charge in [-0.2, -0.15) is 0 Å². The molecule has 1 aliphatic carbocycles. The Hall–Kier alpha value is -1.01. The number of nitrogens with zero attached hydrogens (tertiary/aromatic N) is 2. The zero-order chi connectivity index (χ0) is 9.80. The van der Waals surface area contributed by atoms with E-state index < -0.39 is 0 Å². The molecule has 1 aliphatic rings. The highest BCUT2D eigenvalue weighted by Gasteiger charge is 2.19. The average Bonchev–Trinajstić information content (AvgIpc) is 2.84. The van der Waals surface area contributed by atoms with E-state index >= 15 is 0 Å². The Labute approximate surface area is 86.1 Å². The van der Waals surface area contributed by atoms with Crippen molar-refractivity contribution in [2.45, 2.75) is 18.9 Å². The van der Waals surface area contributed by atoms with E-state index in [0.717, 1.165) is 18.1 Å². The van der Waals surface area contributed by atoms with Crippen molar-refractivity contribution in [3.8, 4) is 0 Å². The molecule has 1 amide bonds. The molecule has 0 bridgehead atoms. The summed E-state index contributed by atoms with van der Waals surface area (Å²) in [6.45, 7) is 1.50. The Morgan fingerprint density at radius 2 is 2.43 bits per heavy atom. The second-order valence-electron chi connectivity index (χ2n) is 3.27. The SMILES string of the molecule is O=C(NCCNC1CC1)c1cnns1. The third-order valence-electron chi connectivity index (χ3n) is 2.01. The first kappa shape index (κ1) is 9.54. The lowest BCUT2D eigenvalue weighted by atomic mass is 10.5. The fourth-order valence-electron chi connectivity index (χ4n) is 1.09. The van der Waals surface area contributed by atoms with Crippen molar-refractivity contribution in [3.05, 3.63) is 11.1 Å². The third kappa shape index (κ3) is 2.74. The van der Waals surface area contributed by atoms with Gasteiger partial charge in [0.2, 0.25) is 0 Å². The van der Waals surface area contributed by atoms with Crippen LogP contribution in [0.15, 0.2) is 6.20 Å². The molecule has 0 aliphatic heterocycles. The third-order valence-corrected chi connectivity index (χ3v) is 2.67. The fraction of sp³-hybridized carbons (Fsp3) is 0.625. The first-order valence-electron chi connectivity index (χ1n) is 4.65. The van der Waals surface area contributed by atoms with Crippen molar-refractivity contribution in [3.63, 3.8) is 0 Å². The lowest BCUT2D eigenvalue weighted by molar-refractivity contribution is 0.0957. The van der Waals surface area contributed by atoms with Crippen LogP contribution in [0, 0.1) is 0 Å². The molecule has 0 spiro atoms. The minimum Gasteiger partial charge on any atom is -0.350 e. The predicted molar refractivity (Wildman–Crippen MR) is 53.3 cm³/mol. The molecule has 1 aromatic heterocycles. The number of aromatic nitrogens is 2. The summed E-state index contributed by atoms with van der Waals surface area (Å²) in [5.41, 5.74) is 0. The maximum absolute atomic E-state index is 11.4. The Kier molecular flexibility index (Phi) is 3.05. The van der Waals surface area contributed by atoms with Gasteiger partial charge in [0.25, 0.3) is 5.91 Å². The molecule has 1 fully saturated rings. The van der Waals surface area contributed by atoms with Crippen LogP contribution in [0.4, 0.5) is 0 Å². The topological polar surface area (TPSA) is 66.9 Å². The smallest absolute Gasteiger partial charge is 0.264 e. The Morgan fingerprint density at radius 1 is 1.57 bits per heavy atom. The second-order valence-corrected chi connectivity index (χ2v) is 4.05. The van der Waals surface area contributed by atoms with Gasteiger partial charge in [-0.3, -0.25) is 4.79 Å². The average molecular weight is 212 g/mol. The Morgan fingerprint density at radius 3 is 3.07 bits per heavy atom. The molecule has 76 valence electrons. The quantitative estimate of drug-likeness (QED) is 0.675. The largest absolute Gasteiger partial charge is 0.350 e. The molecule has 5 nitrogen and oxygen atoms in total. The molecule has 0 unspecified atom stereocenters. The first-order chi connectivity index (χ1) is 6.86. The summed E-state index contributed by atoms with van der Waals surface area (Å²) in [6, 6.07) is 0.692. The monoisotopic (exact) mass is 212 g/mol. The van der Waals surface area contributed by atoms with Crippen LogP contribution < -0.4 is 10.6 Å². The molecule has 1 aromatic rings. The van der Waals surface area contributed by atoms with Crippen molar-refractivity contribution in [1.29, 1.82) is 0 Å². The molecule has 0 atom stereocenters. The number of carbonyl (C=O) groups is 1. The summed E-state index contributed by atoms with van der Waals surface area (Å²) >= 11 is 1.11. The van der Waals surface area contributed by atoms with E-state index in [1.165, 1.54) is 19.0 Å². The summed E-state index contributed by atoms with van der Waals surface area (Å²) < 4.78 is 3.62. The van der Waals surface area contributed by atoms with Crippen LogP contribution >= 0.6 is 11.5 Å². The van der Waals surface area contributed by atoms with E-state index in [0.29, 0.717) is 17.5 Å². The number of rotatable bonds is 5. The first-order valence-corrected chi connectivity index (χ1v) is 5.42. The lowest BCUT2D eigenvalue weighted by Crippen LogP contribution is -2.32. The van der Waals surface area contributed by atoms with Crippen LogP contribution in [0.1, 0.15) is 22.5 Å². The Bertz CT molecular complexity index is 296. The van der Waals surface area contributed by atoms with E-state index in [1.54, 1.807) is 0 Å². The summed E-state index contributed by atoms with van der Waals surface area (Å²) in [6.07, 6.45) is 4.02. The van der Waals surface area contributed by atoms with Crippen LogP contribution in [0.5, 0.6) is 0 Å². The summed E-state index contributed by atoms with van der Waals surface area (Å²) in [5, 5.41) is 9.71. The number of nitrogens with one attached hydrogen (secondary N) is 2. The van der Waals surface area contributed by atoms with Gasteiger partial charge in [0, 0.05) is 19.1 Å². The van der Waals surface area contributed by atoms with Gasteiger partial charge in [0.1, 0.15) is 4.88 Å². The van der Waals surface area contributed by atoms with Crippen molar-refractivity contribution in [2.24, 2.45) is 0 Å². The zero-order valence-corrected chi connectivity index (χ0v) is 8.51. The van der Waals surface area contributed by atoms with Gasteiger partial charge in [0.15, 0.2) is 0 Å². The normalized spacial score (nSPS) is 15.4. The molecule has 6 heteroatoms. The standard InChI is InChI=1S/C8H12N4OS/c13-8(7-5-11-12-14-7)10-4-3-9-6-1-2-6/h5-6,9H,1-4H2,(H,10,13). The maximum atomic E-state index is 11.4. The molecule has 0 radical (unpaired) electrons. The van der Waals surface area contributed by atoms with Gasteiger partial charge >= 0.3 is 0 Å². The number of hydrogen-bond acceptors (Lipinski definition) is 5. The van der Waals surface area contributed by atoms with Gasteiger partial charge in [-0.05, 0) is 24.4 Å². The van der Waals surface area contributed by atoms with E-state index in [-0.39, 0.29) is 5.91 Å². The van der Waals surface area contributed by atoms with Crippen LogP contribution in [-0.4, -0.2) is 34.6 Å². The maximum Gasteiger partial charge on any atom is 0.264 e.